The summed E-state index contributed by atoms with van der Waals surface area (Å²) in [7, 11) is 1.87. The number of nitrogens with zero attached hydrogens (tertiary/aromatic N) is 1. The number of likely N-dealkylation sites (N-methyl/N-ethyl adjacent to an activating group) is 1. The highest BCUT2D eigenvalue weighted by Gasteiger charge is 2.18. The second-order valence-electron chi connectivity index (χ2n) is 5.16. The van der Waals surface area contributed by atoms with Crippen LogP contribution in [0.3, 0.4) is 0 Å². The zero-order valence-electron chi connectivity index (χ0n) is 12.6. The zero-order chi connectivity index (χ0) is 15.8. The maximum atomic E-state index is 13.0. The van der Waals surface area contributed by atoms with Crippen LogP contribution in [0, 0.1) is 5.82 Å². The van der Waals surface area contributed by atoms with Gasteiger partial charge in [-0.15, -0.1) is 0 Å². The first-order valence-corrected chi connectivity index (χ1v) is 7.12. The number of rotatable bonds is 8. The monoisotopic (exact) mass is 297 g/mol. The van der Waals surface area contributed by atoms with Gasteiger partial charge in [-0.25, -0.2) is 4.39 Å². The van der Waals surface area contributed by atoms with E-state index in [0.717, 1.165) is 25.8 Å². The molecule has 5 nitrogen and oxygen atoms in total. The minimum Gasteiger partial charge on any atom is -0.397 e. The molecule has 1 aromatic carbocycles. The van der Waals surface area contributed by atoms with Gasteiger partial charge in [0.05, 0.1) is 17.4 Å². The number of hydrogen-bond acceptors (Lipinski definition) is 4. The minimum absolute atomic E-state index is 0.182. The third-order valence-corrected chi connectivity index (χ3v) is 3.48. The number of nitrogen functional groups attached to an aromatic ring is 1. The Bertz CT molecular complexity index is 468. The first-order chi connectivity index (χ1) is 9.95. The number of benzene rings is 1. The Hall–Kier alpha value is -1.66. The van der Waals surface area contributed by atoms with Crippen molar-refractivity contribution < 1.29 is 14.3 Å². The normalized spacial score (nSPS) is 12.4. The highest BCUT2D eigenvalue weighted by Crippen LogP contribution is 2.19. The molecule has 0 aliphatic rings. The van der Waals surface area contributed by atoms with E-state index >= 15 is 0 Å². The number of amides is 1. The lowest BCUT2D eigenvalue weighted by molar-refractivity contribution is -0.120. The summed E-state index contributed by atoms with van der Waals surface area (Å²) in [5.74, 6) is -0.613. The number of anilines is 2. The van der Waals surface area contributed by atoms with Crippen LogP contribution in [0.5, 0.6) is 0 Å². The van der Waals surface area contributed by atoms with Crippen LogP contribution >= 0.6 is 0 Å². The molecular formula is C15H24FN3O2. The lowest BCUT2D eigenvalue weighted by Crippen LogP contribution is -2.40. The molecule has 21 heavy (non-hydrogen) atoms. The molecule has 6 heteroatoms. The van der Waals surface area contributed by atoms with E-state index in [2.05, 4.69) is 5.32 Å². The third-order valence-electron chi connectivity index (χ3n) is 3.48. The van der Waals surface area contributed by atoms with Crippen LogP contribution in [0.15, 0.2) is 18.2 Å². The molecular weight excluding hydrogens is 273 g/mol. The van der Waals surface area contributed by atoms with Gasteiger partial charge < -0.3 is 16.2 Å². The Balaban J connectivity index is 2.49. The molecule has 1 unspecified atom stereocenters. The number of nitrogens with two attached hydrogens (primary N) is 1. The number of unbranched alkanes of at least 4 members (excludes halogenated alkanes) is 2. The molecule has 1 atom stereocenters. The molecule has 1 rings (SSSR count). The Labute approximate surface area is 124 Å². The predicted octanol–water partition coefficient (Wildman–Crippen LogP) is 1.83. The number of aliphatic hydroxyl groups is 1. The van der Waals surface area contributed by atoms with E-state index in [1.165, 1.54) is 18.2 Å². The SMILES string of the molecule is CC(C(=O)Nc1ccc(F)cc1N)N(C)CCCCCO. The molecule has 0 bridgehead atoms. The Morgan fingerprint density at radius 3 is 2.76 bits per heavy atom. The van der Waals surface area contributed by atoms with Gasteiger partial charge in [-0.3, -0.25) is 9.69 Å². The maximum Gasteiger partial charge on any atom is 0.241 e. The lowest BCUT2D eigenvalue weighted by Gasteiger charge is -2.24. The number of hydrogen-bond donors (Lipinski definition) is 3. The van der Waals surface area contributed by atoms with E-state index in [1.54, 1.807) is 6.92 Å². The van der Waals surface area contributed by atoms with Crippen LogP contribution in [0.4, 0.5) is 15.8 Å². The van der Waals surface area contributed by atoms with Crippen LogP contribution in [0.25, 0.3) is 0 Å². The molecule has 0 fully saturated rings. The minimum atomic E-state index is -0.431. The van der Waals surface area contributed by atoms with Crippen molar-refractivity contribution in [2.24, 2.45) is 0 Å². The van der Waals surface area contributed by atoms with Crippen molar-refractivity contribution >= 4 is 17.3 Å². The average molecular weight is 297 g/mol. The Kier molecular flexibility index (Phi) is 7.11. The molecule has 0 aliphatic heterocycles. The largest absolute Gasteiger partial charge is 0.397 e. The molecule has 4 N–H and O–H groups in total. The quantitative estimate of drug-likeness (QED) is 0.505. The summed E-state index contributed by atoms with van der Waals surface area (Å²) in [4.78, 5) is 14.1. The van der Waals surface area contributed by atoms with E-state index in [-0.39, 0.29) is 24.2 Å². The summed E-state index contributed by atoms with van der Waals surface area (Å²) in [6.07, 6.45) is 2.63. The highest BCUT2D eigenvalue weighted by atomic mass is 19.1. The summed E-state index contributed by atoms with van der Waals surface area (Å²) in [6, 6.07) is 3.58. The van der Waals surface area contributed by atoms with E-state index in [0.29, 0.717) is 5.69 Å². The van der Waals surface area contributed by atoms with Crippen LogP contribution in [0.2, 0.25) is 0 Å². The first kappa shape index (κ1) is 17.4. The van der Waals surface area contributed by atoms with Crippen molar-refractivity contribution in [3.63, 3.8) is 0 Å². The highest BCUT2D eigenvalue weighted by molar-refractivity contribution is 5.97. The first-order valence-electron chi connectivity index (χ1n) is 7.12. The van der Waals surface area contributed by atoms with Crippen molar-refractivity contribution in [2.45, 2.75) is 32.2 Å². The molecule has 1 amide bonds. The van der Waals surface area contributed by atoms with Crippen LogP contribution in [-0.2, 0) is 4.79 Å². The van der Waals surface area contributed by atoms with Crippen molar-refractivity contribution in [1.82, 2.24) is 4.90 Å². The molecule has 0 saturated heterocycles. The molecule has 0 saturated carbocycles. The van der Waals surface area contributed by atoms with Crippen molar-refractivity contribution in [3.8, 4) is 0 Å². The van der Waals surface area contributed by atoms with Crippen LogP contribution < -0.4 is 11.1 Å². The number of carbonyl (C=O) groups excluding carboxylic acids is 1. The van der Waals surface area contributed by atoms with E-state index in [4.69, 9.17) is 10.8 Å². The van der Waals surface area contributed by atoms with Gasteiger partial charge >= 0.3 is 0 Å². The summed E-state index contributed by atoms with van der Waals surface area (Å²) >= 11 is 0. The standard InChI is InChI=1S/C15H24FN3O2/c1-11(19(2)8-4-3-5-9-20)15(21)18-14-7-6-12(16)10-13(14)17/h6-7,10-11,20H,3-5,8-9,17H2,1-2H3,(H,18,21). The van der Waals surface area contributed by atoms with Gasteiger partial charge in [-0.2, -0.15) is 0 Å². The molecule has 118 valence electrons. The fourth-order valence-electron chi connectivity index (χ4n) is 1.93. The fourth-order valence-corrected chi connectivity index (χ4v) is 1.93. The molecule has 0 spiro atoms. The third kappa shape index (κ3) is 5.69. The summed E-state index contributed by atoms with van der Waals surface area (Å²) in [6.45, 7) is 2.78. The summed E-state index contributed by atoms with van der Waals surface area (Å²) in [5, 5.41) is 11.4. The van der Waals surface area contributed by atoms with Crippen molar-refractivity contribution in [3.05, 3.63) is 24.0 Å². The van der Waals surface area contributed by atoms with Gasteiger partial charge in [0.1, 0.15) is 5.82 Å². The van der Waals surface area contributed by atoms with Gasteiger partial charge in [0, 0.05) is 6.61 Å². The molecule has 0 aromatic heterocycles. The van der Waals surface area contributed by atoms with Gasteiger partial charge in [-0.1, -0.05) is 0 Å². The average Bonchev–Trinajstić information content (AvgIpc) is 2.45. The van der Waals surface area contributed by atoms with Crippen molar-refractivity contribution in [2.75, 3.05) is 31.2 Å². The van der Waals surface area contributed by atoms with Crippen LogP contribution in [-0.4, -0.2) is 42.2 Å². The van der Waals surface area contributed by atoms with Gasteiger partial charge in [0.25, 0.3) is 0 Å². The van der Waals surface area contributed by atoms with E-state index in [9.17, 15) is 9.18 Å². The van der Waals surface area contributed by atoms with Gasteiger partial charge in [0.2, 0.25) is 5.91 Å². The molecule has 0 aliphatic carbocycles. The number of carbonyl (C=O) groups is 1. The maximum absolute atomic E-state index is 13.0. The van der Waals surface area contributed by atoms with Crippen molar-refractivity contribution in [1.29, 1.82) is 0 Å². The Morgan fingerprint density at radius 1 is 1.43 bits per heavy atom. The van der Waals surface area contributed by atoms with Gasteiger partial charge in [0.15, 0.2) is 0 Å². The van der Waals surface area contributed by atoms with E-state index in [1.807, 2.05) is 11.9 Å². The number of nitrogens with one attached hydrogen (secondary N) is 1. The smallest absolute Gasteiger partial charge is 0.241 e. The zero-order valence-corrected chi connectivity index (χ0v) is 12.6. The lowest BCUT2D eigenvalue weighted by atomic mass is 10.2. The topological polar surface area (TPSA) is 78.6 Å². The second-order valence-corrected chi connectivity index (χ2v) is 5.16. The number of aliphatic hydroxyl groups excluding tert-OH is 1. The second kappa shape index (κ2) is 8.59. The van der Waals surface area contributed by atoms with Crippen LogP contribution in [0.1, 0.15) is 26.2 Å². The molecule has 0 heterocycles. The predicted molar refractivity (Wildman–Crippen MR) is 82.5 cm³/mol. The van der Waals surface area contributed by atoms with E-state index < -0.39 is 5.82 Å². The fraction of sp³-hybridized carbons (Fsp3) is 0.533. The summed E-state index contributed by atoms with van der Waals surface area (Å²) in [5.41, 5.74) is 6.30. The number of halogens is 1. The summed E-state index contributed by atoms with van der Waals surface area (Å²) < 4.78 is 13.0. The van der Waals surface area contributed by atoms with Gasteiger partial charge in [-0.05, 0) is 58.0 Å². The Morgan fingerprint density at radius 2 is 2.14 bits per heavy atom. The molecule has 0 radical (unpaired) electrons. The molecule has 1 aromatic rings.